The minimum absolute atomic E-state index is 0.0420. The molecule has 40 heavy (non-hydrogen) atoms. The summed E-state index contributed by atoms with van der Waals surface area (Å²) in [6, 6.07) is 4.93. The van der Waals surface area contributed by atoms with Gasteiger partial charge in [-0.25, -0.2) is 27.7 Å². The van der Waals surface area contributed by atoms with Gasteiger partial charge in [0.2, 0.25) is 10.0 Å². The summed E-state index contributed by atoms with van der Waals surface area (Å²) in [6.07, 6.45) is 5.15. The van der Waals surface area contributed by atoms with Crippen LogP contribution >= 0.6 is 11.3 Å². The second kappa shape index (κ2) is 12.4. The Kier molecular flexibility index (Phi) is 9.38. The van der Waals surface area contributed by atoms with Crippen LogP contribution < -0.4 is 15.4 Å². The van der Waals surface area contributed by atoms with E-state index in [0.717, 1.165) is 50.1 Å². The predicted molar refractivity (Wildman–Crippen MR) is 154 cm³/mol. The molecule has 1 aromatic carbocycles. The van der Waals surface area contributed by atoms with Crippen molar-refractivity contribution in [1.82, 2.24) is 19.9 Å². The molecule has 1 aliphatic carbocycles. The van der Waals surface area contributed by atoms with Crippen LogP contribution in [0.2, 0.25) is 0 Å². The lowest BCUT2D eigenvalue weighted by Gasteiger charge is -2.27. The Bertz CT molecular complexity index is 1310. The minimum Gasteiger partial charge on any atom is -0.465 e. The average molecular weight is 594 g/mol. The van der Waals surface area contributed by atoms with E-state index in [1.54, 1.807) is 39.1 Å². The van der Waals surface area contributed by atoms with Gasteiger partial charge in [-0.1, -0.05) is 6.07 Å². The topological polar surface area (TPSA) is 150 Å². The highest BCUT2D eigenvalue weighted by Gasteiger charge is 2.29. The first-order valence-electron chi connectivity index (χ1n) is 13.6. The number of likely N-dealkylation sites (tertiary alicyclic amines) is 1. The quantitative estimate of drug-likeness (QED) is 0.340. The number of likely N-dealkylation sites (N-methyl/N-ethyl adjacent to an activating group) is 1. The van der Waals surface area contributed by atoms with Crippen LogP contribution in [0, 0.1) is 0 Å². The van der Waals surface area contributed by atoms with Crippen LogP contribution in [0.3, 0.4) is 0 Å². The monoisotopic (exact) mass is 593 g/mol. The summed E-state index contributed by atoms with van der Waals surface area (Å²) >= 11 is 1.44. The number of anilines is 1. The fraction of sp³-hybridized carbons (Fsp3) is 0.593. The van der Waals surface area contributed by atoms with Gasteiger partial charge in [0.05, 0.1) is 14.8 Å². The smallest absolute Gasteiger partial charge is 0.411 e. The van der Waals surface area contributed by atoms with Gasteiger partial charge in [0.15, 0.2) is 0 Å². The molecule has 11 nitrogen and oxygen atoms in total. The number of benzene rings is 1. The Morgan fingerprint density at radius 1 is 1.18 bits per heavy atom. The predicted octanol–water partition coefficient (Wildman–Crippen LogP) is 4.82. The molecule has 4 N–H and O–H groups in total. The lowest BCUT2D eigenvalue weighted by molar-refractivity contribution is 0.127. The largest absolute Gasteiger partial charge is 0.465 e. The molecular weight excluding hydrogens is 554 g/mol. The number of nitrogens with one attached hydrogen (secondary N) is 3. The third-order valence-electron chi connectivity index (χ3n) is 7.23. The van der Waals surface area contributed by atoms with Crippen molar-refractivity contribution in [2.75, 3.05) is 25.5 Å². The number of carboxylic acid groups (broad SMARTS) is 1. The molecule has 0 bridgehead atoms. The van der Waals surface area contributed by atoms with Crippen LogP contribution in [0.25, 0.3) is 10.4 Å². The first kappa shape index (κ1) is 30.2. The van der Waals surface area contributed by atoms with Crippen LogP contribution in [0.4, 0.5) is 15.3 Å². The van der Waals surface area contributed by atoms with Gasteiger partial charge in [0.1, 0.15) is 6.61 Å². The van der Waals surface area contributed by atoms with Gasteiger partial charge in [0, 0.05) is 41.0 Å². The second-order valence-corrected chi connectivity index (χ2v) is 14.3. The normalized spacial score (nSPS) is 22.1. The zero-order chi connectivity index (χ0) is 29.1. The maximum Gasteiger partial charge on any atom is 0.411 e. The van der Waals surface area contributed by atoms with Crippen LogP contribution in [-0.2, 0) is 14.8 Å². The number of ether oxygens (including phenoxy) is 1. The zero-order valence-electron chi connectivity index (χ0n) is 23.4. The van der Waals surface area contributed by atoms with E-state index in [4.69, 9.17) is 9.84 Å². The van der Waals surface area contributed by atoms with E-state index in [9.17, 15) is 18.0 Å². The van der Waals surface area contributed by atoms with Crippen molar-refractivity contribution in [3.8, 4) is 10.4 Å². The van der Waals surface area contributed by atoms with E-state index in [1.807, 2.05) is 7.05 Å². The molecule has 0 radical (unpaired) electrons. The fourth-order valence-corrected chi connectivity index (χ4v) is 8.12. The van der Waals surface area contributed by atoms with E-state index in [-0.39, 0.29) is 29.5 Å². The molecule has 0 unspecified atom stereocenters. The summed E-state index contributed by atoms with van der Waals surface area (Å²) in [4.78, 5) is 31.0. The molecule has 2 aromatic rings. The summed E-state index contributed by atoms with van der Waals surface area (Å²) in [6.45, 7) is 6.55. The molecule has 13 heteroatoms. The van der Waals surface area contributed by atoms with Crippen molar-refractivity contribution >= 4 is 39.2 Å². The number of carbonyl (C=O) groups excluding carboxylic acids is 1. The minimum atomic E-state index is -3.96. The van der Waals surface area contributed by atoms with Gasteiger partial charge in [-0.15, -0.1) is 11.3 Å². The summed E-state index contributed by atoms with van der Waals surface area (Å²) in [5.74, 6) is 0.188. The Balaban J connectivity index is 1.54. The molecule has 2 heterocycles. The lowest BCUT2D eigenvalue weighted by Crippen LogP contribution is -2.40. The Morgan fingerprint density at radius 3 is 2.52 bits per heavy atom. The third-order valence-corrected chi connectivity index (χ3v) is 10.2. The Labute approximate surface area is 239 Å². The summed E-state index contributed by atoms with van der Waals surface area (Å²) < 4.78 is 35.2. The fourth-order valence-electron chi connectivity index (χ4n) is 5.26. The van der Waals surface area contributed by atoms with Gasteiger partial charge in [-0.3, -0.25) is 5.32 Å². The molecule has 220 valence electrons. The highest BCUT2D eigenvalue weighted by Crippen LogP contribution is 2.40. The number of thiazole rings is 1. The van der Waals surface area contributed by atoms with Gasteiger partial charge in [-0.2, -0.15) is 0 Å². The Hall–Kier alpha value is -2.74. The number of hydrogen-bond donors (Lipinski definition) is 4. The SMILES string of the molecule is CN1CCC[C@@H]1COC(=O)Nc1ccc(-c2cnc(C3CCC(NC(=O)O)CC3)s2)c(S(=O)(=O)NC(C)(C)C)c1. The molecule has 2 fully saturated rings. The van der Waals surface area contributed by atoms with Crippen LogP contribution in [0.5, 0.6) is 0 Å². The van der Waals surface area contributed by atoms with Crippen LogP contribution in [0.1, 0.15) is 70.2 Å². The van der Waals surface area contributed by atoms with E-state index in [1.165, 1.54) is 17.4 Å². The maximum absolute atomic E-state index is 13.5. The van der Waals surface area contributed by atoms with Crippen LogP contribution in [-0.4, -0.2) is 73.4 Å². The molecule has 0 spiro atoms. The Morgan fingerprint density at radius 2 is 1.90 bits per heavy atom. The molecule has 1 aliphatic heterocycles. The molecular formula is C27H39N5O6S2. The molecule has 2 aliphatic rings. The highest BCUT2D eigenvalue weighted by atomic mass is 32.2. The molecule has 2 amide bonds. The zero-order valence-corrected chi connectivity index (χ0v) is 25.0. The molecule has 1 aromatic heterocycles. The molecule has 1 saturated heterocycles. The summed E-state index contributed by atoms with van der Waals surface area (Å²) in [7, 11) is -1.95. The van der Waals surface area contributed by atoms with Gasteiger partial charge in [-0.05, 0) is 85.0 Å². The van der Waals surface area contributed by atoms with E-state index >= 15 is 0 Å². The summed E-state index contributed by atoms with van der Waals surface area (Å²) in [5, 5.41) is 15.1. The number of aromatic nitrogens is 1. The third kappa shape index (κ3) is 7.93. The molecule has 4 rings (SSSR count). The number of nitrogens with zero attached hydrogens (tertiary/aromatic N) is 2. The highest BCUT2D eigenvalue weighted by molar-refractivity contribution is 7.89. The average Bonchev–Trinajstić information content (AvgIpc) is 3.51. The van der Waals surface area contributed by atoms with Crippen LogP contribution in [0.15, 0.2) is 29.3 Å². The molecule has 1 saturated carbocycles. The number of sulfonamides is 1. The number of carbonyl (C=O) groups is 2. The standard InChI is InChI=1S/C27H39N5O6S2/c1-27(2,3)31-40(36,37)23-14-19(30-26(35)38-16-20-6-5-13-32(20)4)11-12-21(23)22-15-28-24(39-22)17-7-9-18(10-8-17)29-25(33)34/h11-12,14-15,17-18,20,29,31H,5-10,13,16H2,1-4H3,(H,30,35)(H,33,34)/t17?,18?,20-/m1/s1. The van der Waals surface area contributed by atoms with E-state index in [2.05, 4.69) is 25.2 Å². The number of rotatable bonds is 8. The van der Waals surface area contributed by atoms with E-state index in [0.29, 0.717) is 16.1 Å². The summed E-state index contributed by atoms with van der Waals surface area (Å²) in [5.41, 5.74) is 0.0952. The molecule has 1 atom stereocenters. The van der Waals surface area contributed by atoms with Crippen molar-refractivity contribution in [3.63, 3.8) is 0 Å². The van der Waals surface area contributed by atoms with Gasteiger partial charge < -0.3 is 20.1 Å². The van der Waals surface area contributed by atoms with Gasteiger partial charge >= 0.3 is 12.2 Å². The maximum atomic E-state index is 13.5. The van der Waals surface area contributed by atoms with Gasteiger partial charge in [0.25, 0.3) is 0 Å². The number of hydrogen-bond acceptors (Lipinski definition) is 8. The first-order valence-corrected chi connectivity index (χ1v) is 15.9. The van der Waals surface area contributed by atoms with Crippen molar-refractivity contribution in [2.45, 2.75) is 87.7 Å². The lowest BCUT2D eigenvalue weighted by atomic mass is 9.86. The van der Waals surface area contributed by atoms with Crippen molar-refractivity contribution in [2.24, 2.45) is 0 Å². The second-order valence-electron chi connectivity index (χ2n) is 11.6. The van der Waals surface area contributed by atoms with Crippen molar-refractivity contribution in [1.29, 1.82) is 0 Å². The van der Waals surface area contributed by atoms with E-state index < -0.39 is 27.7 Å². The van der Waals surface area contributed by atoms with Crippen molar-refractivity contribution in [3.05, 3.63) is 29.4 Å². The van der Waals surface area contributed by atoms with Crippen molar-refractivity contribution < 1.29 is 27.9 Å². The number of amides is 2. The first-order chi connectivity index (χ1) is 18.8.